The summed E-state index contributed by atoms with van der Waals surface area (Å²) >= 11 is 0. The highest BCUT2D eigenvalue weighted by Gasteiger charge is 2.43. The van der Waals surface area contributed by atoms with Crippen LogP contribution in [0.3, 0.4) is 0 Å². The van der Waals surface area contributed by atoms with Crippen LogP contribution in [-0.2, 0) is 6.42 Å². The lowest BCUT2D eigenvalue weighted by Crippen LogP contribution is -2.37. The number of nitrogens with two attached hydrogens (primary N) is 1. The number of carboxylic acid groups (broad SMARTS) is 1. The molecule has 1 saturated carbocycles. The third-order valence-corrected chi connectivity index (χ3v) is 2.72. The first-order chi connectivity index (χ1) is 7.10. The van der Waals surface area contributed by atoms with Crippen LogP contribution in [0.4, 0.5) is 10.5 Å². The topological polar surface area (TPSA) is 75.3 Å². The van der Waals surface area contributed by atoms with E-state index >= 15 is 0 Å². The highest BCUT2D eigenvalue weighted by molar-refractivity contribution is 5.66. The van der Waals surface area contributed by atoms with E-state index in [1.807, 2.05) is 24.3 Å². The summed E-state index contributed by atoms with van der Waals surface area (Å²) in [5.74, 6) is 0. The zero-order chi connectivity index (χ0) is 10.9. The van der Waals surface area contributed by atoms with Crippen molar-refractivity contribution in [1.29, 1.82) is 0 Å². The second-order valence-electron chi connectivity index (χ2n) is 4.13. The highest BCUT2D eigenvalue weighted by Crippen LogP contribution is 2.38. The quantitative estimate of drug-likeness (QED) is 0.658. The fourth-order valence-electron chi connectivity index (χ4n) is 1.82. The minimum Gasteiger partial charge on any atom is -0.465 e. The molecular weight excluding hydrogens is 192 g/mol. The number of rotatable bonds is 3. The maximum Gasteiger partial charge on any atom is 0.405 e. The summed E-state index contributed by atoms with van der Waals surface area (Å²) in [5, 5.41) is 11.3. The summed E-state index contributed by atoms with van der Waals surface area (Å²) in [4.78, 5) is 10.6. The molecule has 0 atom stereocenters. The normalized spacial score (nSPS) is 17.1. The van der Waals surface area contributed by atoms with Crippen molar-refractivity contribution in [2.24, 2.45) is 0 Å². The Morgan fingerprint density at radius 3 is 2.80 bits per heavy atom. The Hall–Kier alpha value is -1.71. The van der Waals surface area contributed by atoms with Gasteiger partial charge in [0.05, 0.1) is 0 Å². The fourth-order valence-corrected chi connectivity index (χ4v) is 1.82. The van der Waals surface area contributed by atoms with Crippen LogP contribution in [0.1, 0.15) is 18.4 Å². The third kappa shape index (κ3) is 2.40. The van der Waals surface area contributed by atoms with Crippen molar-refractivity contribution in [3.05, 3.63) is 29.8 Å². The van der Waals surface area contributed by atoms with E-state index in [9.17, 15) is 4.79 Å². The molecule has 1 fully saturated rings. The van der Waals surface area contributed by atoms with Crippen LogP contribution >= 0.6 is 0 Å². The fraction of sp³-hybridized carbons (Fsp3) is 0.364. The minimum absolute atomic E-state index is 0.236. The lowest BCUT2D eigenvalue weighted by Gasteiger charge is -2.15. The van der Waals surface area contributed by atoms with Crippen LogP contribution < -0.4 is 11.1 Å². The Kier molecular flexibility index (Phi) is 2.26. The Morgan fingerprint density at radius 2 is 2.27 bits per heavy atom. The molecule has 1 aromatic carbocycles. The van der Waals surface area contributed by atoms with Crippen molar-refractivity contribution in [2.75, 3.05) is 5.73 Å². The van der Waals surface area contributed by atoms with Gasteiger partial charge in [-0.05, 0) is 37.0 Å². The molecule has 0 radical (unpaired) electrons. The minimum atomic E-state index is -0.948. The molecule has 4 N–H and O–H groups in total. The van der Waals surface area contributed by atoms with E-state index in [1.165, 1.54) is 0 Å². The molecular formula is C11H14N2O2. The van der Waals surface area contributed by atoms with Crippen LogP contribution in [0.25, 0.3) is 0 Å². The van der Waals surface area contributed by atoms with Gasteiger partial charge in [0.15, 0.2) is 0 Å². The molecule has 0 saturated heterocycles. The molecule has 0 heterocycles. The molecule has 1 aromatic rings. The van der Waals surface area contributed by atoms with E-state index in [4.69, 9.17) is 10.8 Å². The van der Waals surface area contributed by atoms with Crippen molar-refractivity contribution in [3.63, 3.8) is 0 Å². The largest absolute Gasteiger partial charge is 0.465 e. The van der Waals surface area contributed by atoms with Gasteiger partial charge in [-0.2, -0.15) is 0 Å². The lowest BCUT2D eigenvalue weighted by molar-refractivity contribution is 0.188. The Balaban J connectivity index is 2.05. The molecule has 1 amide bonds. The molecule has 4 heteroatoms. The number of benzene rings is 1. The van der Waals surface area contributed by atoms with Crippen molar-refractivity contribution < 1.29 is 9.90 Å². The standard InChI is InChI=1S/C11H14N2O2/c12-9-3-1-2-8(6-9)7-11(4-5-11)13-10(14)15/h1-3,6,13H,4-5,7,12H2,(H,14,15). The summed E-state index contributed by atoms with van der Waals surface area (Å²) in [6.07, 6.45) is 1.60. The summed E-state index contributed by atoms with van der Waals surface area (Å²) < 4.78 is 0. The SMILES string of the molecule is Nc1cccc(CC2(NC(=O)O)CC2)c1. The van der Waals surface area contributed by atoms with Crippen LogP contribution in [-0.4, -0.2) is 16.7 Å². The zero-order valence-corrected chi connectivity index (χ0v) is 8.36. The molecule has 2 rings (SSSR count). The van der Waals surface area contributed by atoms with Gasteiger partial charge in [0.2, 0.25) is 0 Å². The van der Waals surface area contributed by atoms with E-state index in [1.54, 1.807) is 0 Å². The summed E-state index contributed by atoms with van der Waals surface area (Å²) in [5.41, 5.74) is 7.23. The summed E-state index contributed by atoms with van der Waals surface area (Å²) in [6, 6.07) is 7.58. The molecule has 0 spiro atoms. The van der Waals surface area contributed by atoms with E-state index in [0.29, 0.717) is 0 Å². The Morgan fingerprint density at radius 1 is 1.53 bits per heavy atom. The molecule has 4 nitrogen and oxygen atoms in total. The van der Waals surface area contributed by atoms with Gasteiger partial charge in [-0.15, -0.1) is 0 Å². The predicted octanol–water partition coefficient (Wildman–Crippen LogP) is 1.61. The molecule has 0 aliphatic heterocycles. The Bertz CT molecular complexity index is 386. The van der Waals surface area contributed by atoms with Gasteiger partial charge in [-0.1, -0.05) is 12.1 Å². The first-order valence-electron chi connectivity index (χ1n) is 4.95. The first kappa shape index (κ1) is 9.83. The van der Waals surface area contributed by atoms with Crippen molar-refractivity contribution in [1.82, 2.24) is 5.32 Å². The van der Waals surface area contributed by atoms with Gasteiger partial charge in [-0.25, -0.2) is 4.79 Å². The number of amides is 1. The third-order valence-electron chi connectivity index (χ3n) is 2.72. The number of nitrogens with one attached hydrogen (secondary N) is 1. The Labute approximate surface area is 88.1 Å². The number of anilines is 1. The van der Waals surface area contributed by atoms with E-state index in [-0.39, 0.29) is 5.54 Å². The van der Waals surface area contributed by atoms with Gasteiger partial charge in [0.25, 0.3) is 0 Å². The van der Waals surface area contributed by atoms with Crippen molar-refractivity contribution >= 4 is 11.8 Å². The monoisotopic (exact) mass is 206 g/mol. The van der Waals surface area contributed by atoms with Gasteiger partial charge in [0, 0.05) is 11.2 Å². The smallest absolute Gasteiger partial charge is 0.405 e. The highest BCUT2D eigenvalue weighted by atomic mass is 16.4. The lowest BCUT2D eigenvalue weighted by atomic mass is 10.0. The zero-order valence-electron chi connectivity index (χ0n) is 8.36. The second-order valence-corrected chi connectivity index (χ2v) is 4.13. The summed E-state index contributed by atoms with van der Waals surface area (Å²) in [6.45, 7) is 0. The molecule has 1 aliphatic rings. The van der Waals surface area contributed by atoms with E-state index in [0.717, 1.165) is 30.5 Å². The number of hydrogen-bond acceptors (Lipinski definition) is 2. The number of hydrogen-bond donors (Lipinski definition) is 3. The maximum atomic E-state index is 10.6. The van der Waals surface area contributed by atoms with Crippen LogP contribution in [0, 0.1) is 0 Å². The van der Waals surface area contributed by atoms with Crippen LogP contribution in [0.15, 0.2) is 24.3 Å². The van der Waals surface area contributed by atoms with Gasteiger partial charge in [-0.3, -0.25) is 0 Å². The van der Waals surface area contributed by atoms with Crippen molar-refractivity contribution in [2.45, 2.75) is 24.8 Å². The van der Waals surface area contributed by atoms with E-state index in [2.05, 4.69) is 5.32 Å². The molecule has 1 aliphatic carbocycles. The van der Waals surface area contributed by atoms with Gasteiger partial charge in [0.1, 0.15) is 0 Å². The molecule has 0 unspecified atom stereocenters. The molecule has 80 valence electrons. The summed E-state index contributed by atoms with van der Waals surface area (Å²) in [7, 11) is 0. The van der Waals surface area contributed by atoms with E-state index < -0.39 is 6.09 Å². The van der Waals surface area contributed by atoms with Crippen LogP contribution in [0.5, 0.6) is 0 Å². The average Bonchev–Trinajstić information content (AvgIpc) is 2.83. The number of carbonyl (C=O) groups is 1. The number of nitrogen functional groups attached to an aromatic ring is 1. The first-order valence-corrected chi connectivity index (χ1v) is 4.95. The van der Waals surface area contributed by atoms with Crippen LogP contribution in [0.2, 0.25) is 0 Å². The molecule has 15 heavy (non-hydrogen) atoms. The molecule has 0 bridgehead atoms. The van der Waals surface area contributed by atoms with Gasteiger partial charge >= 0.3 is 6.09 Å². The average molecular weight is 206 g/mol. The van der Waals surface area contributed by atoms with Gasteiger partial charge < -0.3 is 16.2 Å². The maximum absolute atomic E-state index is 10.6. The van der Waals surface area contributed by atoms with Crippen molar-refractivity contribution in [3.8, 4) is 0 Å². The second kappa shape index (κ2) is 3.46. The molecule has 0 aromatic heterocycles. The predicted molar refractivity (Wildman–Crippen MR) is 57.7 cm³/mol.